The van der Waals surface area contributed by atoms with Gasteiger partial charge in [0.1, 0.15) is 5.60 Å². The smallest absolute Gasteiger partial charge is 0.410 e. The molecule has 6 heteroatoms. The van der Waals surface area contributed by atoms with Crippen LogP contribution in [0.15, 0.2) is 12.3 Å². The fourth-order valence-electron chi connectivity index (χ4n) is 1.95. The summed E-state index contributed by atoms with van der Waals surface area (Å²) in [6, 6.07) is 2.08. The van der Waals surface area contributed by atoms with Gasteiger partial charge in [0.15, 0.2) is 5.15 Å². The highest BCUT2D eigenvalue weighted by Crippen LogP contribution is 2.26. The summed E-state index contributed by atoms with van der Waals surface area (Å²) in [6.07, 6.45) is 1.40. The molecule has 20 heavy (non-hydrogen) atoms. The molecule has 0 aliphatic carbocycles. The molecule has 0 radical (unpaired) electrons. The van der Waals surface area contributed by atoms with Gasteiger partial charge in [0.25, 0.3) is 0 Å². The van der Waals surface area contributed by atoms with Crippen LogP contribution in [0.1, 0.15) is 26.3 Å². The number of pyridine rings is 1. The molecule has 1 saturated heterocycles. The predicted molar refractivity (Wildman–Crippen MR) is 79.2 cm³/mol. The molecule has 1 aliphatic heterocycles. The zero-order chi connectivity index (χ0) is 14.9. The third-order valence-corrected chi connectivity index (χ3v) is 3.28. The Morgan fingerprint density at radius 1 is 1.50 bits per heavy atom. The summed E-state index contributed by atoms with van der Waals surface area (Å²) >= 11 is 6.06. The molecule has 0 bridgehead atoms. The van der Waals surface area contributed by atoms with Crippen molar-refractivity contribution in [2.24, 2.45) is 0 Å². The molecule has 2 rings (SSSR count). The summed E-state index contributed by atoms with van der Waals surface area (Å²) in [6.45, 7) is 8.77. The number of amides is 1. The number of nitrogens with one attached hydrogen (secondary N) is 1. The summed E-state index contributed by atoms with van der Waals surface area (Å²) < 4.78 is 5.31. The van der Waals surface area contributed by atoms with Crippen LogP contribution in [-0.2, 0) is 4.74 Å². The van der Waals surface area contributed by atoms with Gasteiger partial charge >= 0.3 is 6.09 Å². The molecule has 0 unspecified atom stereocenters. The lowest BCUT2D eigenvalue weighted by atomic mass is 10.1. The molecule has 1 aromatic rings. The van der Waals surface area contributed by atoms with Crippen LogP contribution >= 0.6 is 11.6 Å². The number of likely N-dealkylation sites (tertiary alicyclic amines) is 1. The topological polar surface area (TPSA) is 54.5 Å². The first-order valence-electron chi connectivity index (χ1n) is 6.62. The van der Waals surface area contributed by atoms with E-state index in [0.29, 0.717) is 18.2 Å². The molecule has 110 valence electrons. The minimum atomic E-state index is -0.459. The quantitative estimate of drug-likeness (QED) is 0.852. The van der Waals surface area contributed by atoms with Crippen LogP contribution in [0.5, 0.6) is 0 Å². The monoisotopic (exact) mass is 297 g/mol. The first-order valence-corrected chi connectivity index (χ1v) is 6.99. The number of rotatable bonds is 2. The van der Waals surface area contributed by atoms with E-state index in [9.17, 15) is 4.79 Å². The Balaban J connectivity index is 1.87. The Kier molecular flexibility index (Phi) is 4.09. The minimum Gasteiger partial charge on any atom is -0.444 e. The number of nitrogens with zero attached hydrogens (tertiary/aromatic N) is 2. The van der Waals surface area contributed by atoms with Gasteiger partial charge in [-0.3, -0.25) is 0 Å². The Morgan fingerprint density at radius 2 is 2.15 bits per heavy atom. The molecule has 1 aliphatic rings. The highest BCUT2D eigenvalue weighted by Gasteiger charge is 2.34. The first kappa shape index (κ1) is 14.9. The lowest BCUT2D eigenvalue weighted by Crippen LogP contribution is -2.58. The second-order valence-electron chi connectivity index (χ2n) is 6.02. The molecule has 0 aromatic carbocycles. The number of carbonyl (C=O) groups excluding carboxylic acids is 1. The number of aryl methyl sites for hydroxylation is 1. The molecule has 1 fully saturated rings. The van der Waals surface area contributed by atoms with Crippen molar-refractivity contribution in [3.63, 3.8) is 0 Å². The van der Waals surface area contributed by atoms with Crippen LogP contribution in [-0.4, -0.2) is 40.7 Å². The molecule has 1 amide bonds. The second kappa shape index (κ2) is 5.48. The van der Waals surface area contributed by atoms with Crippen LogP contribution in [0.2, 0.25) is 5.15 Å². The zero-order valence-electron chi connectivity index (χ0n) is 12.2. The van der Waals surface area contributed by atoms with Crippen molar-refractivity contribution in [3.8, 4) is 0 Å². The van der Waals surface area contributed by atoms with Gasteiger partial charge in [-0.2, -0.15) is 0 Å². The number of hydrogen-bond acceptors (Lipinski definition) is 4. The maximum Gasteiger partial charge on any atom is 0.410 e. The normalized spacial score (nSPS) is 15.8. The van der Waals surface area contributed by atoms with Crippen molar-refractivity contribution in [1.29, 1.82) is 0 Å². The number of hydrogen-bond donors (Lipinski definition) is 1. The van der Waals surface area contributed by atoms with Crippen LogP contribution < -0.4 is 5.32 Å². The zero-order valence-corrected chi connectivity index (χ0v) is 13.0. The van der Waals surface area contributed by atoms with E-state index in [0.717, 1.165) is 11.3 Å². The van der Waals surface area contributed by atoms with Crippen molar-refractivity contribution in [1.82, 2.24) is 9.88 Å². The predicted octanol–water partition coefficient (Wildman–Crippen LogP) is 3.07. The minimum absolute atomic E-state index is 0.183. The summed E-state index contributed by atoms with van der Waals surface area (Å²) in [5.41, 5.74) is 1.42. The average molecular weight is 298 g/mol. The Bertz CT molecular complexity index is 487. The van der Waals surface area contributed by atoms with Crippen molar-refractivity contribution < 1.29 is 9.53 Å². The van der Waals surface area contributed by atoms with Crippen molar-refractivity contribution >= 4 is 23.4 Å². The Labute approximate surface area is 124 Å². The molecular formula is C14H20ClN3O2. The number of anilines is 1. The van der Waals surface area contributed by atoms with Crippen LogP contribution in [0.4, 0.5) is 10.5 Å². The molecule has 0 saturated carbocycles. The molecule has 0 atom stereocenters. The highest BCUT2D eigenvalue weighted by atomic mass is 35.5. The van der Waals surface area contributed by atoms with Crippen LogP contribution in [0.25, 0.3) is 0 Å². The third kappa shape index (κ3) is 3.54. The number of carbonyl (C=O) groups is 1. The summed E-state index contributed by atoms with van der Waals surface area (Å²) in [4.78, 5) is 17.5. The number of halogens is 1. The van der Waals surface area contributed by atoms with E-state index in [1.54, 1.807) is 11.1 Å². The fourth-order valence-corrected chi connectivity index (χ4v) is 2.21. The standard InChI is InChI=1S/C14H20ClN3O2/c1-9-5-6-16-12(15)11(9)17-10-7-18(8-10)13(19)20-14(2,3)4/h5-6,10,17H,7-8H2,1-4H3. The molecular weight excluding hydrogens is 278 g/mol. The third-order valence-electron chi connectivity index (χ3n) is 2.99. The maximum absolute atomic E-state index is 11.8. The van der Waals surface area contributed by atoms with Gasteiger partial charge in [-0.25, -0.2) is 9.78 Å². The Morgan fingerprint density at radius 3 is 2.70 bits per heavy atom. The molecule has 5 nitrogen and oxygen atoms in total. The summed E-state index contributed by atoms with van der Waals surface area (Å²) in [5, 5.41) is 3.78. The largest absolute Gasteiger partial charge is 0.444 e. The van der Waals surface area contributed by atoms with E-state index < -0.39 is 5.60 Å². The van der Waals surface area contributed by atoms with Gasteiger partial charge < -0.3 is 15.0 Å². The lowest BCUT2D eigenvalue weighted by molar-refractivity contribution is 0.0105. The molecule has 0 spiro atoms. The van der Waals surface area contributed by atoms with Crippen molar-refractivity contribution in [2.45, 2.75) is 39.3 Å². The van der Waals surface area contributed by atoms with E-state index in [-0.39, 0.29) is 12.1 Å². The van der Waals surface area contributed by atoms with Crippen LogP contribution in [0.3, 0.4) is 0 Å². The van der Waals surface area contributed by atoms with Gasteiger partial charge in [-0.1, -0.05) is 11.6 Å². The van der Waals surface area contributed by atoms with Gasteiger partial charge in [0.05, 0.1) is 11.7 Å². The van der Waals surface area contributed by atoms with E-state index in [2.05, 4.69) is 10.3 Å². The average Bonchev–Trinajstić information content (AvgIpc) is 2.23. The van der Waals surface area contributed by atoms with E-state index in [4.69, 9.17) is 16.3 Å². The van der Waals surface area contributed by atoms with Crippen molar-refractivity contribution in [3.05, 3.63) is 23.0 Å². The van der Waals surface area contributed by atoms with Gasteiger partial charge in [0.2, 0.25) is 0 Å². The van der Waals surface area contributed by atoms with Crippen LogP contribution in [0, 0.1) is 6.92 Å². The van der Waals surface area contributed by atoms with Crippen molar-refractivity contribution in [2.75, 3.05) is 18.4 Å². The first-order chi connectivity index (χ1) is 9.26. The number of ether oxygens (including phenoxy) is 1. The van der Waals surface area contributed by atoms with Gasteiger partial charge in [-0.15, -0.1) is 0 Å². The van der Waals surface area contributed by atoms with E-state index >= 15 is 0 Å². The number of aromatic nitrogens is 1. The fraction of sp³-hybridized carbons (Fsp3) is 0.571. The van der Waals surface area contributed by atoms with Gasteiger partial charge in [0, 0.05) is 19.3 Å². The highest BCUT2D eigenvalue weighted by molar-refractivity contribution is 6.32. The Hall–Kier alpha value is -1.49. The van der Waals surface area contributed by atoms with E-state index in [1.807, 2.05) is 33.8 Å². The maximum atomic E-state index is 11.8. The molecule has 1 aromatic heterocycles. The van der Waals surface area contributed by atoms with E-state index in [1.165, 1.54) is 0 Å². The molecule has 1 N–H and O–H groups in total. The molecule has 2 heterocycles. The second-order valence-corrected chi connectivity index (χ2v) is 6.38. The summed E-state index contributed by atoms with van der Waals surface area (Å²) in [5.74, 6) is 0. The lowest BCUT2D eigenvalue weighted by Gasteiger charge is -2.40. The summed E-state index contributed by atoms with van der Waals surface area (Å²) in [7, 11) is 0. The SMILES string of the molecule is Cc1ccnc(Cl)c1NC1CN(C(=O)OC(C)(C)C)C1. The van der Waals surface area contributed by atoms with Gasteiger partial charge in [-0.05, 0) is 39.3 Å².